The first-order valence-corrected chi connectivity index (χ1v) is 11.5. The Morgan fingerprint density at radius 1 is 1.16 bits per heavy atom. The molecule has 0 spiro atoms. The summed E-state index contributed by atoms with van der Waals surface area (Å²) in [4.78, 5) is 16.3. The lowest BCUT2D eigenvalue weighted by Gasteiger charge is -2.11. The minimum Gasteiger partial charge on any atom is -0.464 e. The average Bonchev–Trinajstić information content (AvgIpc) is 3.27. The van der Waals surface area contributed by atoms with Crippen LogP contribution < -0.4 is 16.2 Å². The summed E-state index contributed by atoms with van der Waals surface area (Å²) < 4.78 is 27.9. The van der Waals surface area contributed by atoms with E-state index in [9.17, 15) is 23.7 Å². The second kappa shape index (κ2) is 9.53. The van der Waals surface area contributed by atoms with Gasteiger partial charge in [-0.1, -0.05) is 0 Å². The number of amides is 1. The molecule has 0 aliphatic rings. The first kappa shape index (κ1) is 22.8. The number of carbonyl (C=O) groups excluding carboxylic acids is 1. The molecule has 0 aliphatic heterocycles. The number of primary sulfonamides is 1. The summed E-state index contributed by atoms with van der Waals surface area (Å²) >= 11 is 1.14. The van der Waals surface area contributed by atoms with E-state index in [0.717, 1.165) is 11.8 Å². The molecule has 2 heterocycles. The van der Waals surface area contributed by atoms with Crippen molar-refractivity contribution < 1.29 is 17.6 Å². The summed E-state index contributed by atoms with van der Waals surface area (Å²) in [6.07, 6.45) is 1.49. The number of nitrogens with two attached hydrogens (primary N) is 2. The van der Waals surface area contributed by atoms with E-state index in [1.54, 1.807) is 12.1 Å². The fraction of sp³-hybridized carbons (Fsp3) is 0.100. The van der Waals surface area contributed by atoms with E-state index in [1.807, 2.05) is 12.1 Å². The smallest absolute Gasteiger partial charge is 0.238 e. The van der Waals surface area contributed by atoms with Crippen molar-refractivity contribution in [1.82, 2.24) is 4.98 Å². The van der Waals surface area contributed by atoms with Gasteiger partial charge in [0, 0.05) is 17.9 Å². The average molecular weight is 469 g/mol. The Labute approximate surface area is 187 Å². The predicted molar refractivity (Wildman–Crippen MR) is 118 cm³/mol. The first-order valence-electron chi connectivity index (χ1n) is 8.97. The zero-order valence-electron chi connectivity index (χ0n) is 16.4. The van der Waals surface area contributed by atoms with Crippen LogP contribution in [0.1, 0.15) is 17.5 Å². The third kappa shape index (κ3) is 5.07. The number of nitrogens with one attached hydrogen (secondary N) is 1. The van der Waals surface area contributed by atoms with Crippen LogP contribution in [0, 0.1) is 22.7 Å². The molecule has 5 N–H and O–H groups in total. The van der Waals surface area contributed by atoms with Crippen LogP contribution in [0.15, 0.2) is 57.0 Å². The number of nitrogens with zero attached hydrogens (tertiary/aromatic N) is 3. The van der Waals surface area contributed by atoms with Crippen LogP contribution in [0.25, 0.3) is 11.3 Å². The Hall–Kier alpha value is -3.84. The van der Waals surface area contributed by atoms with Crippen LogP contribution in [0.5, 0.6) is 0 Å². The van der Waals surface area contributed by atoms with E-state index in [-0.39, 0.29) is 50.5 Å². The zero-order chi connectivity index (χ0) is 23.3. The summed E-state index contributed by atoms with van der Waals surface area (Å²) in [6.45, 7) is 0. The molecule has 162 valence electrons. The van der Waals surface area contributed by atoms with Crippen LogP contribution in [0.4, 0.5) is 11.5 Å². The van der Waals surface area contributed by atoms with E-state index in [1.165, 1.54) is 30.5 Å². The number of nitriles is 2. The number of nitrogen functional groups attached to an aromatic ring is 1. The maximum absolute atomic E-state index is 12.2. The molecule has 32 heavy (non-hydrogen) atoms. The summed E-state index contributed by atoms with van der Waals surface area (Å²) in [5, 5.41) is 27.1. The molecule has 0 bridgehead atoms. The summed E-state index contributed by atoms with van der Waals surface area (Å²) in [5.41, 5.74) is 6.75. The number of furan rings is 1. The van der Waals surface area contributed by atoms with Gasteiger partial charge in [0.1, 0.15) is 34.3 Å². The molecule has 0 radical (unpaired) electrons. The lowest BCUT2D eigenvalue weighted by Crippen LogP contribution is -2.14. The third-order valence-electron chi connectivity index (χ3n) is 4.22. The van der Waals surface area contributed by atoms with Gasteiger partial charge in [0.15, 0.2) is 0 Å². The molecule has 0 atom stereocenters. The number of thioether (sulfide) groups is 1. The SMILES string of the molecule is N#Cc1c(N)nc(SCCC(=O)Nc2ccc(S(N)(=O)=O)cc2)c(C#N)c1-c1ccco1. The molecule has 3 aromatic rings. The van der Waals surface area contributed by atoms with Gasteiger partial charge in [0.2, 0.25) is 15.9 Å². The van der Waals surface area contributed by atoms with Gasteiger partial charge in [0.05, 0.1) is 22.3 Å². The summed E-state index contributed by atoms with van der Waals surface area (Å²) in [6, 6.07) is 12.7. The molecule has 0 fully saturated rings. The Kier molecular flexibility index (Phi) is 6.80. The zero-order valence-corrected chi connectivity index (χ0v) is 18.0. The number of benzene rings is 1. The third-order valence-corrected chi connectivity index (χ3v) is 6.12. The van der Waals surface area contributed by atoms with Gasteiger partial charge in [-0.3, -0.25) is 4.79 Å². The lowest BCUT2D eigenvalue weighted by molar-refractivity contribution is -0.115. The van der Waals surface area contributed by atoms with Gasteiger partial charge in [-0.15, -0.1) is 11.8 Å². The van der Waals surface area contributed by atoms with Crippen molar-refractivity contribution in [1.29, 1.82) is 10.5 Å². The molecule has 0 aliphatic carbocycles. The van der Waals surface area contributed by atoms with E-state index in [4.69, 9.17) is 15.3 Å². The Balaban J connectivity index is 1.72. The lowest BCUT2D eigenvalue weighted by atomic mass is 10.0. The Morgan fingerprint density at radius 2 is 1.84 bits per heavy atom. The number of rotatable bonds is 7. The van der Waals surface area contributed by atoms with Gasteiger partial charge in [-0.2, -0.15) is 10.5 Å². The van der Waals surface area contributed by atoms with Crippen molar-refractivity contribution >= 4 is 39.2 Å². The van der Waals surface area contributed by atoms with E-state index < -0.39 is 10.0 Å². The highest BCUT2D eigenvalue weighted by Gasteiger charge is 2.22. The van der Waals surface area contributed by atoms with E-state index >= 15 is 0 Å². The standard InChI is InChI=1S/C20H16N6O4S2/c21-10-14-18(16-2-1-8-30-16)15(11-22)20(26-19(14)23)31-9-7-17(27)25-12-3-5-13(6-4-12)32(24,28)29/h1-6,8H,7,9H2,(H2,23,26)(H,25,27)(H2,24,28,29). The fourth-order valence-corrected chi connectivity index (χ4v) is 4.21. The normalized spacial score (nSPS) is 10.8. The number of sulfonamides is 1. The van der Waals surface area contributed by atoms with Gasteiger partial charge in [-0.05, 0) is 36.4 Å². The summed E-state index contributed by atoms with van der Waals surface area (Å²) in [5.74, 6) is 0.216. The van der Waals surface area contributed by atoms with Crippen molar-refractivity contribution in [3.8, 4) is 23.5 Å². The minimum atomic E-state index is -3.81. The van der Waals surface area contributed by atoms with Crippen LogP contribution in [0.3, 0.4) is 0 Å². The van der Waals surface area contributed by atoms with Gasteiger partial charge in [0.25, 0.3) is 0 Å². The molecule has 3 rings (SSSR count). The van der Waals surface area contributed by atoms with Crippen molar-refractivity contribution in [2.24, 2.45) is 5.14 Å². The van der Waals surface area contributed by atoms with E-state index in [0.29, 0.717) is 11.4 Å². The van der Waals surface area contributed by atoms with Crippen molar-refractivity contribution in [3.05, 3.63) is 53.8 Å². The topological polar surface area (TPSA) is 189 Å². The molecule has 0 saturated carbocycles. The predicted octanol–water partition coefficient (Wildman–Crippen LogP) is 2.44. The monoisotopic (exact) mass is 468 g/mol. The Morgan fingerprint density at radius 3 is 2.41 bits per heavy atom. The highest BCUT2D eigenvalue weighted by atomic mass is 32.2. The second-order valence-corrected chi connectivity index (χ2v) is 8.99. The van der Waals surface area contributed by atoms with Crippen LogP contribution in [-0.4, -0.2) is 25.1 Å². The highest BCUT2D eigenvalue weighted by Crippen LogP contribution is 2.35. The molecular formula is C20H16N6O4S2. The summed E-state index contributed by atoms with van der Waals surface area (Å²) in [7, 11) is -3.81. The second-order valence-electron chi connectivity index (χ2n) is 6.34. The van der Waals surface area contributed by atoms with Crippen LogP contribution in [-0.2, 0) is 14.8 Å². The largest absolute Gasteiger partial charge is 0.464 e. The number of hydrogen-bond donors (Lipinski definition) is 3. The fourth-order valence-electron chi connectivity index (χ4n) is 2.76. The number of aromatic nitrogens is 1. The molecule has 1 aromatic carbocycles. The highest BCUT2D eigenvalue weighted by molar-refractivity contribution is 7.99. The van der Waals surface area contributed by atoms with Gasteiger partial charge in [-0.25, -0.2) is 18.5 Å². The maximum Gasteiger partial charge on any atom is 0.238 e. The number of carbonyl (C=O) groups is 1. The number of pyridine rings is 1. The van der Waals surface area contributed by atoms with Crippen LogP contribution >= 0.6 is 11.8 Å². The molecule has 0 saturated heterocycles. The molecule has 12 heteroatoms. The molecule has 10 nitrogen and oxygen atoms in total. The quantitative estimate of drug-likeness (QED) is 0.437. The molecular weight excluding hydrogens is 452 g/mol. The first-order chi connectivity index (χ1) is 15.2. The molecule has 0 unspecified atom stereocenters. The maximum atomic E-state index is 12.2. The Bertz CT molecular complexity index is 1340. The number of anilines is 2. The number of hydrogen-bond acceptors (Lipinski definition) is 9. The van der Waals surface area contributed by atoms with Crippen molar-refractivity contribution in [2.45, 2.75) is 16.3 Å². The van der Waals surface area contributed by atoms with Crippen LogP contribution in [0.2, 0.25) is 0 Å². The van der Waals surface area contributed by atoms with Crippen molar-refractivity contribution in [2.75, 3.05) is 16.8 Å². The molecule has 1 amide bonds. The minimum absolute atomic E-state index is 0.0419. The molecule has 2 aromatic heterocycles. The van der Waals surface area contributed by atoms with E-state index in [2.05, 4.69) is 10.3 Å². The van der Waals surface area contributed by atoms with Gasteiger partial charge < -0.3 is 15.5 Å². The van der Waals surface area contributed by atoms with Gasteiger partial charge >= 0.3 is 0 Å². The van der Waals surface area contributed by atoms with Crippen molar-refractivity contribution in [3.63, 3.8) is 0 Å².